The zero-order valence-electron chi connectivity index (χ0n) is 8.75. The Morgan fingerprint density at radius 2 is 2.25 bits per heavy atom. The van der Waals surface area contributed by atoms with Crippen LogP contribution in [-0.2, 0) is 0 Å². The normalized spacial score (nSPS) is 14.2. The number of methoxy groups -OCH3 is 1. The number of hydrogen-bond donors (Lipinski definition) is 1. The van der Waals surface area contributed by atoms with Gasteiger partial charge in [-0.25, -0.2) is 0 Å². The van der Waals surface area contributed by atoms with Gasteiger partial charge in [-0.05, 0) is 0 Å². The molecule has 2 atom stereocenters. The van der Waals surface area contributed by atoms with E-state index >= 15 is 0 Å². The lowest BCUT2D eigenvalue weighted by Crippen LogP contribution is -2.24. The molecule has 1 N–H and O–H groups in total. The molecule has 0 unspecified atom stereocenters. The average molecular weight is 229 g/mol. The van der Waals surface area contributed by atoms with Crippen molar-refractivity contribution in [3.63, 3.8) is 0 Å². The molecule has 0 saturated carbocycles. The highest BCUT2D eigenvalue weighted by molar-refractivity contribution is 5.18. The predicted octanol–water partition coefficient (Wildman–Crippen LogP) is 0.347. The van der Waals surface area contributed by atoms with Gasteiger partial charge in [0, 0.05) is 17.9 Å². The van der Waals surface area contributed by atoms with E-state index in [1.54, 1.807) is 0 Å². The van der Waals surface area contributed by atoms with Gasteiger partial charge in [0.2, 0.25) is 17.2 Å². The van der Waals surface area contributed by atoms with E-state index in [1.165, 1.54) is 14.0 Å². The van der Waals surface area contributed by atoms with E-state index < -0.39 is 22.5 Å². The Bertz CT molecular complexity index is 440. The van der Waals surface area contributed by atoms with Crippen LogP contribution in [0.1, 0.15) is 18.8 Å². The number of nitrogens with zero attached hydrogens (tertiary/aromatic N) is 1. The number of aliphatic hydroxyl groups excluding tert-OH is 1. The highest BCUT2D eigenvalue weighted by Crippen LogP contribution is 2.18. The third-order valence-electron chi connectivity index (χ3n) is 2.12. The lowest BCUT2D eigenvalue weighted by Gasteiger charge is -2.10. The Morgan fingerprint density at radius 3 is 2.69 bits per heavy atom. The van der Waals surface area contributed by atoms with Gasteiger partial charge in [0.25, 0.3) is 0 Å². The topological polar surface area (TPSA) is 103 Å². The van der Waals surface area contributed by atoms with Crippen molar-refractivity contribution in [2.24, 2.45) is 0 Å². The van der Waals surface area contributed by atoms with Crippen LogP contribution in [0.25, 0.3) is 0 Å². The molecule has 0 amide bonds. The minimum atomic E-state index is -1.46. The fraction of sp³-hybridized carbons (Fsp3) is 0.444. The van der Waals surface area contributed by atoms with Crippen LogP contribution in [0.4, 0.5) is 0 Å². The zero-order chi connectivity index (χ0) is 12.3. The molecule has 1 aromatic rings. The van der Waals surface area contributed by atoms with Gasteiger partial charge in [0.15, 0.2) is 6.10 Å². The Labute approximate surface area is 90.4 Å². The highest BCUT2D eigenvalue weighted by atomic mass is 16.6. The van der Waals surface area contributed by atoms with Gasteiger partial charge in [-0.1, -0.05) is 0 Å². The molecule has 88 valence electrons. The first-order valence-corrected chi connectivity index (χ1v) is 4.45. The van der Waals surface area contributed by atoms with Gasteiger partial charge in [-0.2, -0.15) is 0 Å². The summed E-state index contributed by atoms with van der Waals surface area (Å²) in [6.07, 6.45) is -0.457. The number of ether oxygens (including phenoxy) is 1. The van der Waals surface area contributed by atoms with Crippen LogP contribution in [0.15, 0.2) is 21.5 Å². The minimum absolute atomic E-state index is 0.0234. The van der Waals surface area contributed by atoms with Crippen LogP contribution < -0.4 is 10.2 Å². The summed E-state index contributed by atoms with van der Waals surface area (Å²) >= 11 is 0. The molecule has 7 nitrogen and oxygen atoms in total. The second-order valence-electron chi connectivity index (χ2n) is 3.19. The predicted molar refractivity (Wildman–Crippen MR) is 52.9 cm³/mol. The third-order valence-corrected chi connectivity index (χ3v) is 2.12. The lowest BCUT2D eigenvalue weighted by molar-refractivity contribution is -0.531. The van der Waals surface area contributed by atoms with Crippen molar-refractivity contribution in [2.75, 3.05) is 7.11 Å². The second-order valence-corrected chi connectivity index (χ2v) is 3.19. The standard InChI is InChI=1S/C9H11NO6/c1-5(10(13)14)9(12)7-3-6(11)8(15-2)4-16-7/h3-5,9,12H,1-2H3/t5-,9-/m0/s1. The molecular weight excluding hydrogens is 218 g/mol. The number of rotatable bonds is 4. The molecule has 0 bridgehead atoms. The van der Waals surface area contributed by atoms with E-state index in [4.69, 9.17) is 4.42 Å². The largest absolute Gasteiger partial charge is 0.490 e. The summed E-state index contributed by atoms with van der Waals surface area (Å²) in [5.74, 6) is -0.181. The maximum Gasteiger partial charge on any atom is 0.243 e. The minimum Gasteiger partial charge on any atom is -0.490 e. The highest BCUT2D eigenvalue weighted by Gasteiger charge is 2.28. The summed E-state index contributed by atoms with van der Waals surface area (Å²) in [5.41, 5.74) is -0.502. The Morgan fingerprint density at radius 1 is 1.62 bits per heavy atom. The number of hydrogen-bond acceptors (Lipinski definition) is 6. The molecule has 1 heterocycles. The molecule has 0 aliphatic rings. The molecule has 0 saturated heterocycles. The molecule has 0 aliphatic heterocycles. The fourth-order valence-electron chi connectivity index (χ4n) is 1.07. The first-order chi connectivity index (χ1) is 7.47. The van der Waals surface area contributed by atoms with Crippen molar-refractivity contribution in [3.8, 4) is 5.75 Å². The fourth-order valence-corrected chi connectivity index (χ4v) is 1.07. The first kappa shape index (κ1) is 12.2. The van der Waals surface area contributed by atoms with Gasteiger partial charge in [0.05, 0.1) is 7.11 Å². The summed E-state index contributed by atoms with van der Waals surface area (Å²) in [6.45, 7) is 1.22. The molecule has 0 aliphatic carbocycles. The number of aliphatic hydroxyl groups is 1. The van der Waals surface area contributed by atoms with Crippen molar-refractivity contribution in [3.05, 3.63) is 38.4 Å². The summed E-state index contributed by atoms with van der Waals surface area (Å²) < 4.78 is 9.55. The van der Waals surface area contributed by atoms with Crippen LogP contribution >= 0.6 is 0 Å². The van der Waals surface area contributed by atoms with Crippen LogP contribution in [-0.4, -0.2) is 23.2 Å². The van der Waals surface area contributed by atoms with Crippen LogP contribution in [0.2, 0.25) is 0 Å². The van der Waals surface area contributed by atoms with Crippen LogP contribution in [0, 0.1) is 10.1 Å². The van der Waals surface area contributed by atoms with E-state index in [2.05, 4.69) is 4.74 Å². The molecule has 0 spiro atoms. The van der Waals surface area contributed by atoms with Gasteiger partial charge in [0.1, 0.15) is 12.0 Å². The zero-order valence-corrected chi connectivity index (χ0v) is 8.75. The van der Waals surface area contributed by atoms with E-state index in [1.807, 2.05) is 0 Å². The SMILES string of the molecule is COc1coc([C@@H](O)[C@H](C)[N+](=O)[O-])cc1=O. The van der Waals surface area contributed by atoms with E-state index in [0.717, 1.165) is 12.3 Å². The molecular formula is C9H11NO6. The summed E-state index contributed by atoms with van der Waals surface area (Å²) in [7, 11) is 1.29. The smallest absolute Gasteiger partial charge is 0.243 e. The molecule has 7 heteroatoms. The molecule has 0 fully saturated rings. The average Bonchev–Trinajstić information content (AvgIpc) is 2.26. The maximum absolute atomic E-state index is 11.3. The second kappa shape index (κ2) is 4.75. The Balaban J connectivity index is 3.02. The van der Waals surface area contributed by atoms with Crippen molar-refractivity contribution in [1.82, 2.24) is 0 Å². The van der Waals surface area contributed by atoms with Crippen molar-refractivity contribution in [1.29, 1.82) is 0 Å². The van der Waals surface area contributed by atoms with Crippen LogP contribution in [0.5, 0.6) is 5.75 Å². The summed E-state index contributed by atoms with van der Waals surface area (Å²) in [5, 5.41) is 20.0. The van der Waals surface area contributed by atoms with Gasteiger partial charge < -0.3 is 14.3 Å². The van der Waals surface area contributed by atoms with Crippen molar-refractivity contribution < 1.29 is 19.2 Å². The van der Waals surface area contributed by atoms with E-state index in [9.17, 15) is 20.0 Å². The quantitative estimate of drug-likeness (QED) is 0.590. The molecule has 1 aromatic heterocycles. The Hall–Kier alpha value is -1.89. The Kier molecular flexibility index (Phi) is 3.62. The summed E-state index contributed by atoms with van der Waals surface area (Å²) in [4.78, 5) is 21.1. The lowest BCUT2D eigenvalue weighted by atomic mass is 10.1. The van der Waals surface area contributed by atoms with E-state index in [0.29, 0.717) is 0 Å². The molecule has 1 rings (SSSR count). The monoisotopic (exact) mass is 229 g/mol. The summed E-state index contributed by atoms with van der Waals surface area (Å²) in [6, 6.07) is -0.278. The van der Waals surface area contributed by atoms with Crippen molar-refractivity contribution >= 4 is 0 Å². The van der Waals surface area contributed by atoms with Crippen LogP contribution in [0.3, 0.4) is 0 Å². The van der Waals surface area contributed by atoms with Gasteiger partial charge in [-0.3, -0.25) is 14.9 Å². The van der Waals surface area contributed by atoms with Crippen molar-refractivity contribution in [2.45, 2.75) is 19.1 Å². The van der Waals surface area contributed by atoms with E-state index in [-0.39, 0.29) is 11.5 Å². The first-order valence-electron chi connectivity index (χ1n) is 4.45. The third kappa shape index (κ3) is 2.37. The van der Waals surface area contributed by atoms with Gasteiger partial charge >= 0.3 is 0 Å². The maximum atomic E-state index is 11.3. The molecule has 0 radical (unpaired) electrons. The molecule has 16 heavy (non-hydrogen) atoms. The van der Waals surface area contributed by atoms with Gasteiger partial charge in [-0.15, -0.1) is 0 Å². The number of nitro groups is 1. The molecule has 0 aromatic carbocycles.